The van der Waals surface area contributed by atoms with Crippen LogP contribution < -0.4 is 41.5 Å². The zero-order chi connectivity index (χ0) is 91.6. The maximum atomic E-state index is 6.04. The minimum atomic E-state index is -3.39. The number of rotatable bonds is 18. The predicted molar refractivity (Wildman–Crippen MR) is 584 cm³/mol. The molecule has 0 fully saturated rings. The Morgan fingerprint density at radius 3 is 0.827 bits per heavy atom. The summed E-state index contributed by atoms with van der Waals surface area (Å²) >= 11 is 0. The number of pyridine rings is 1. The highest BCUT2D eigenvalue weighted by atomic mass is 28.3. The zero-order valence-corrected chi connectivity index (χ0v) is 77.6. The molecule has 0 saturated heterocycles. The van der Waals surface area contributed by atoms with E-state index in [1.807, 2.05) is 0 Å². The van der Waals surface area contributed by atoms with E-state index in [1.54, 1.807) is 0 Å². The van der Waals surface area contributed by atoms with Gasteiger partial charge in [-0.25, -0.2) is 4.98 Å². The largest absolute Gasteiger partial charge is 0.309 e. The second-order valence-corrected chi connectivity index (χ2v) is 43.8. The molecular weight excluding hydrogens is 1720 g/mol. The summed E-state index contributed by atoms with van der Waals surface area (Å²) in [6.07, 6.45) is 0. The van der Waals surface area contributed by atoms with E-state index in [9.17, 15) is 0 Å². The number of nitrogens with zero attached hydrogens (tertiary/aromatic N) is 9. The molecule has 27 aromatic rings. The third-order valence-corrected chi connectivity index (χ3v) is 38.5. The second kappa shape index (κ2) is 33.0. The van der Waals surface area contributed by atoms with Gasteiger partial charge in [0.25, 0.3) is 0 Å². The normalized spacial score (nSPS) is 12.0. The maximum Gasteiger partial charge on any atom is 0.240 e. The first-order valence-corrected chi connectivity index (χ1v) is 51.6. The molecule has 20 aromatic carbocycles. The van der Waals surface area contributed by atoms with E-state index < -0.39 is 16.1 Å². The van der Waals surface area contributed by atoms with Crippen LogP contribution in [0.4, 0.5) is 0 Å². The lowest BCUT2D eigenvalue weighted by Crippen LogP contribution is -2.75. The van der Waals surface area contributed by atoms with E-state index in [1.165, 1.54) is 68.6 Å². The third-order valence-electron chi connectivity index (χ3n) is 28.9. The van der Waals surface area contributed by atoms with Crippen LogP contribution in [-0.2, 0) is 0 Å². The van der Waals surface area contributed by atoms with Crippen molar-refractivity contribution in [2.75, 3.05) is 0 Å². The van der Waals surface area contributed by atoms with Crippen LogP contribution >= 0.6 is 0 Å². The van der Waals surface area contributed by atoms with Crippen molar-refractivity contribution in [1.29, 1.82) is 0 Å². The molecule has 0 spiro atoms. The molecule has 27 rings (SSSR count). The molecule has 0 radical (unpaired) electrons. The SMILES string of the molecule is c1ccc([Si](c2ccccc2)(c2ccccc2)c2ccccc2-c2ccc(-n3c4ccccc4c4ccccc43)c(-c3nc(-n4c5ccccc5c5ccccc54)nc(-n4c5ccccc5c5cc(-c6cccc([Si](c7ccccc7)(c7ccccc7)c7ccccc7-c7cccc(-c8cc(-n9c%10ccccc%10c%10ccccc%109)nc(-n9c%10ccccc%10c%10ccccc%109)c8)c7)c6)ccc54)n3)c2)cc1. The summed E-state index contributed by atoms with van der Waals surface area (Å²) < 4.78 is 11.7. The van der Waals surface area contributed by atoms with Crippen molar-refractivity contribution in [3.8, 4) is 85.1 Å². The molecule has 0 aliphatic heterocycles. The number of hydrogen-bond donors (Lipinski definition) is 0. The van der Waals surface area contributed by atoms with Crippen molar-refractivity contribution >= 4 is 167 Å². The van der Waals surface area contributed by atoms with E-state index in [0.29, 0.717) is 17.7 Å². The zero-order valence-electron chi connectivity index (χ0n) is 75.6. The Hall–Kier alpha value is -18.0. The summed E-state index contributed by atoms with van der Waals surface area (Å²) in [5.74, 6) is 3.15. The fraction of sp³-hybridized carbons (Fsp3) is 0. The lowest BCUT2D eigenvalue weighted by molar-refractivity contribution is 0.892. The standard InChI is InChI=1S/C128H85N9Si2/c1-6-43-92(44-7-1)138(93-45-8-2-9-46-93,94-47-10-3-11-48-94)122-74-36-26-55-99(122)90-77-79-121(133-111-65-27-16-56-100(111)101-57-17-28-66-112(101)133)110(83-90)126-130-127(136-117-71-33-22-62-106(117)107-63-23-34-72-118(107)136)132-128(131-126)137-119-73-35-24-64-108(119)109-82-88(76-78-120(109)137)87-41-39-53-97(81-87)139(95-49-12-4-13-50-95,96-51-14-5-15-52-96)123-75-37-25-54-98(123)89-42-38-40-86(80-89)91-84-124(134-113-67-29-18-58-102(113)103-59-19-30-68-114(103)134)129-125(85-91)135-115-69-31-20-60-104(115)105-61-21-32-70-116(105)135/h1-85H. The summed E-state index contributed by atoms with van der Waals surface area (Å²) in [5, 5.41) is 21.6. The van der Waals surface area contributed by atoms with Crippen molar-refractivity contribution in [2.45, 2.75) is 0 Å². The first kappa shape index (κ1) is 80.6. The van der Waals surface area contributed by atoms with Crippen LogP contribution in [0.15, 0.2) is 516 Å². The smallest absolute Gasteiger partial charge is 0.240 e. The topological polar surface area (TPSA) is 76.2 Å². The van der Waals surface area contributed by atoms with Crippen LogP contribution in [0.5, 0.6) is 0 Å². The van der Waals surface area contributed by atoms with Crippen LogP contribution in [-0.4, -0.2) is 58.9 Å². The average molecular weight is 1810 g/mol. The Morgan fingerprint density at radius 1 is 0.151 bits per heavy atom. The van der Waals surface area contributed by atoms with E-state index >= 15 is 0 Å². The first-order valence-electron chi connectivity index (χ1n) is 47.6. The van der Waals surface area contributed by atoms with Crippen LogP contribution in [0.25, 0.3) is 194 Å². The molecule has 0 N–H and O–H groups in total. The van der Waals surface area contributed by atoms with Gasteiger partial charge in [-0.3, -0.25) is 18.3 Å². The molecule has 0 atom stereocenters. The van der Waals surface area contributed by atoms with E-state index in [-0.39, 0.29) is 0 Å². The number of para-hydroxylation sites is 9. The number of aromatic nitrogens is 9. The first-order chi connectivity index (χ1) is 69.0. The van der Waals surface area contributed by atoms with Crippen molar-refractivity contribution < 1.29 is 0 Å². The molecule has 11 heteroatoms. The van der Waals surface area contributed by atoms with Gasteiger partial charge < -0.3 is 4.57 Å². The molecule has 0 saturated carbocycles. The third kappa shape index (κ3) is 12.8. The monoisotopic (exact) mass is 1800 g/mol. The quantitative estimate of drug-likeness (QED) is 0.0634. The van der Waals surface area contributed by atoms with Crippen molar-refractivity contribution in [2.24, 2.45) is 0 Å². The summed E-state index contributed by atoms with van der Waals surface area (Å²) in [4.78, 5) is 23.6. The van der Waals surface area contributed by atoms with Gasteiger partial charge >= 0.3 is 0 Å². The summed E-state index contributed by atoms with van der Waals surface area (Å²) in [5.41, 5.74) is 20.9. The molecular formula is C128H85N9Si2. The molecule has 7 aromatic heterocycles. The fourth-order valence-corrected chi connectivity index (χ4v) is 33.0. The summed E-state index contributed by atoms with van der Waals surface area (Å²) in [6.45, 7) is 0. The van der Waals surface area contributed by atoms with Gasteiger partial charge in [0, 0.05) is 59.4 Å². The summed E-state index contributed by atoms with van der Waals surface area (Å²) in [7, 11) is -6.54. The minimum Gasteiger partial charge on any atom is -0.309 e. The highest BCUT2D eigenvalue weighted by Gasteiger charge is 2.45. The molecule has 139 heavy (non-hydrogen) atoms. The van der Waals surface area contributed by atoms with Crippen LogP contribution in [0.3, 0.4) is 0 Å². The predicted octanol–water partition coefficient (Wildman–Crippen LogP) is 25.8. The van der Waals surface area contributed by atoms with Gasteiger partial charge in [-0.15, -0.1) is 0 Å². The second-order valence-electron chi connectivity index (χ2n) is 36.2. The molecule has 7 heterocycles. The Bertz CT molecular complexity index is 9070. The average Bonchev–Trinajstić information content (AvgIpc) is 1.52. The Morgan fingerprint density at radius 2 is 0.432 bits per heavy atom. The molecule has 0 aliphatic carbocycles. The lowest BCUT2D eigenvalue weighted by Gasteiger charge is -2.36. The molecule has 0 unspecified atom stereocenters. The Kier molecular flexibility index (Phi) is 19.1. The molecule has 9 nitrogen and oxygen atoms in total. The number of hydrogen-bond acceptors (Lipinski definition) is 4. The number of benzene rings is 20. The van der Waals surface area contributed by atoms with Crippen LogP contribution in [0.2, 0.25) is 0 Å². The van der Waals surface area contributed by atoms with Gasteiger partial charge in [-0.2, -0.15) is 15.0 Å². The lowest BCUT2D eigenvalue weighted by atomic mass is 9.99. The highest BCUT2D eigenvalue weighted by molar-refractivity contribution is 7.21. The van der Waals surface area contributed by atoms with E-state index in [2.05, 4.69) is 538 Å². The minimum absolute atomic E-state index is 0.477. The molecule has 650 valence electrons. The molecule has 0 aliphatic rings. The maximum absolute atomic E-state index is 6.04. The van der Waals surface area contributed by atoms with Crippen LogP contribution in [0.1, 0.15) is 0 Å². The van der Waals surface area contributed by atoms with E-state index in [4.69, 9.17) is 19.9 Å². The van der Waals surface area contributed by atoms with Gasteiger partial charge in [0.15, 0.2) is 22.0 Å². The Balaban J connectivity index is 0.649. The van der Waals surface area contributed by atoms with Gasteiger partial charge in [0.2, 0.25) is 11.9 Å². The van der Waals surface area contributed by atoms with Gasteiger partial charge in [-0.05, 0) is 183 Å². The fourth-order valence-electron chi connectivity index (χ4n) is 23.0. The highest BCUT2D eigenvalue weighted by Crippen LogP contribution is 2.44. The summed E-state index contributed by atoms with van der Waals surface area (Å²) in [6, 6.07) is 191. The number of fused-ring (bicyclic) bond motifs is 15. The molecule has 0 amide bonds. The molecule has 0 bridgehead atoms. The van der Waals surface area contributed by atoms with Crippen molar-refractivity contribution in [3.05, 3.63) is 516 Å². The van der Waals surface area contributed by atoms with E-state index in [0.717, 1.165) is 149 Å². The van der Waals surface area contributed by atoms with Gasteiger partial charge in [-0.1, -0.05) is 419 Å². The van der Waals surface area contributed by atoms with Crippen molar-refractivity contribution in [3.63, 3.8) is 0 Å². The Labute approximate surface area is 804 Å². The van der Waals surface area contributed by atoms with Crippen LogP contribution in [0, 0.1) is 0 Å². The van der Waals surface area contributed by atoms with Gasteiger partial charge in [0.1, 0.15) is 11.6 Å². The van der Waals surface area contributed by atoms with Gasteiger partial charge in [0.05, 0.1) is 60.9 Å². The van der Waals surface area contributed by atoms with Crippen molar-refractivity contribution in [1.82, 2.24) is 42.8 Å².